The zero-order chi connectivity index (χ0) is 27.8. The fraction of sp³-hybridized carbons (Fsp3) is 0.788. The van der Waals surface area contributed by atoms with Crippen LogP contribution in [0.25, 0.3) is 0 Å². The van der Waals surface area contributed by atoms with Crippen molar-refractivity contribution in [3.05, 3.63) is 34.4 Å². The van der Waals surface area contributed by atoms with E-state index in [9.17, 15) is 0 Å². The Bertz CT molecular complexity index is 1370. The number of aromatic amines is 2. The van der Waals surface area contributed by atoms with Crippen molar-refractivity contribution in [3.63, 3.8) is 0 Å². The number of H-pyrrole nitrogens is 2. The van der Waals surface area contributed by atoms with Gasteiger partial charge in [0.05, 0.1) is 5.69 Å². The van der Waals surface area contributed by atoms with Crippen molar-refractivity contribution in [2.45, 2.75) is 129 Å². The molecule has 7 rings (SSSR count). The van der Waals surface area contributed by atoms with Gasteiger partial charge in [-0.3, -0.25) is 5.10 Å². The van der Waals surface area contributed by atoms with Gasteiger partial charge in [-0.2, -0.15) is 5.10 Å². The Hall–Kier alpha value is -1.56. The largest absolute Gasteiger partial charge is 0.320 e. The van der Waals surface area contributed by atoms with Gasteiger partial charge in [0.1, 0.15) is 5.82 Å². The van der Waals surface area contributed by atoms with Crippen LogP contribution in [0, 0.1) is 46.3 Å². The maximum Gasteiger partial charge on any atom is 0.185 e. The lowest BCUT2D eigenvalue weighted by molar-refractivity contribution is -0.155. The molecule has 0 radical (unpaired) electrons. The average molecular weight is 548 g/mol. The molecule has 2 N–H and O–H groups in total. The standard InChI is InChI=1S/C33H49N5S/c1-19-20-17-30(6)23(29(4,5)25(20)36-35-19)11-12-32(8)24(30)10-9-21-22-18-28(2,3)13-15-33(22,16-14-31(21,32)7)26-34-27(39)38-37-26/h9,22-24H,10-18H2,1-8H3,(H,35,36)(H2,34,37,38,39)/t22?,23?,24?,30-,31+,32+,33-/m0/s1. The number of aromatic nitrogens is 5. The van der Waals surface area contributed by atoms with Crippen LogP contribution in [-0.4, -0.2) is 25.4 Å². The van der Waals surface area contributed by atoms with Gasteiger partial charge in [0.2, 0.25) is 0 Å². The smallest absolute Gasteiger partial charge is 0.185 e. The molecule has 7 atom stereocenters. The Balaban J connectivity index is 1.35. The third-order valence-electron chi connectivity index (χ3n) is 14.0. The number of nitrogens with zero attached hydrogens (tertiary/aromatic N) is 3. The first-order chi connectivity index (χ1) is 18.2. The van der Waals surface area contributed by atoms with E-state index in [0.29, 0.717) is 28.3 Å². The van der Waals surface area contributed by atoms with Gasteiger partial charge < -0.3 is 4.98 Å². The van der Waals surface area contributed by atoms with Gasteiger partial charge in [-0.05, 0) is 110 Å². The monoisotopic (exact) mass is 547 g/mol. The number of hydrogen-bond donors (Lipinski definition) is 3. The number of nitrogens with one attached hydrogen (secondary N) is 2. The molecule has 2 aromatic rings. The molecule has 2 aromatic heterocycles. The highest BCUT2D eigenvalue weighted by Crippen LogP contribution is 2.75. The summed E-state index contributed by atoms with van der Waals surface area (Å²) >= 11 is 4.53. The second-order valence-corrected chi connectivity index (χ2v) is 16.9. The average Bonchev–Trinajstić information content (AvgIpc) is 3.45. The van der Waals surface area contributed by atoms with Gasteiger partial charge in [-0.25, -0.2) is 0 Å². The number of allylic oxidation sites excluding steroid dienone is 2. The molecular formula is C33H49N5S. The van der Waals surface area contributed by atoms with E-state index < -0.39 is 0 Å². The SMILES string of the molecule is Cc1[nH]nc2c1C[C@@]1(C)C(CC[C@]3(C)C1CC=C1C4CC(C)(C)CC[C@]4(c4nnc(S)[nH]4)CC[C@]13C)C2(C)C. The maximum atomic E-state index is 4.87. The molecule has 212 valence electrons. The molecule has 3 unspecified atom stereocenters. The maximum absolute atomic E-state index is 4.87. The molecule has 5 aliphatic carbocycles. The lowest BCUT2D eigenvalue weighted by atomic mass is 9.33. The fourth-order valence-corrected chi connectivity index (χ4v) is 11.8. The van der Waals surface area contributed by atoms with Crippen LogP contribution in [0.15, 0.2) is 16.8 Å². The van der Waals surface area contributed by atoms with Crippen molar-refractivity contribution in [1.82, 2.24) is 25.4 Å². The van der Waals surface area contributed by atoms with E-state index in [4.69, 9.17) is 10.2 Å². The van der Waals surface area contributed by atoms with E-state index in [1.807, 2.05) is 0 Å². The van der Waals surface area contributed by atoms with Gasteiger partial charge in [0, 0.05) is 16.5 Å². The molecular weight excluding hydrogens is 498 g/mol. The van der Waals surface area contributed by atoms with Crippen LogP contribution in [0.3, 0.4) is 0 Å². The molecule has 0 bridgehead atoms. The van der Waals surface area contributed by atoms with Crippen LogP contribution < -0.4 is 0 Å². The van der Waals surface area contributed by atoms with Crippen LogP contribution in [0.4, 0.5) is 0 Å². The van der Waals surface area contributed by atoms with Crippen molar-refractivity contribution in [3.8, 4) is 0 Å². The highest BCUT2D eigenvalue weighted by atomic mass is 32.1. The van der Waals surface area contributed by atoms with E-state index in [1.165, 1.54) is 74.7 Å². The summed E-state index contributed by atoms with van der Waals surface area (Å²) in [6.07, 6.45) is 13.9. The second kappa shape index (κ2) is 7.83. The van der Waals surface area contributed by atoms with Gasteiger partial charge in [0.25, 0.3) is 0 Å². The minimum Gasteiger partial charge on any atom is -0.320 e. The van der Waals surface area contributed by atoms with Crippen LogP contribution in [0.5, 0.6) is 0 Å². The molecule has 0 aliphatic heterocycles. The van der Waals surface area contributed by atoms with Gasteiger partial charge in [0.15, 0.2) is 5.16 Å². The summed E-state index contributed by atoms with van der Waals surface area (Å²) in [5.74, 6) is 2.96. The molecule has 2 heterocycles. The van der Waals surface area contributed by atoms with Crippen LogP contribution in [0.1, 0.15) is 123 Å². The zero-order valence-electron chi connectivity index (χ0n) is 25.5. The minimum absolute atomic E-state index is 0.0643. The molecule has 0 saturated heterocycles. The Morgan fingerprint density at radius 2 is 1.67 bits per heavy atom. The van der Waals surface area contributed by atoms with Crippen LogP contribution in [0.2, 0.25) is 0 Å². The fourth-order valence-electron chi connectivity index (χ4n) is 11.7. The Morgan fingerprint density at radius 3 is 2.38 bits per heavy atom. The quantitative estimate of drug-likeness (QED) is 0.251. The second-order valence-electron chi connectivity index (χ2n) is 16.4. The number of thiol groups is 1. The van der Waals surface area contributed by atoms with Crippen molar-refractivity contribution < 1.29 is 0 Å². The molecule has 3 saturated carbocycles. The first-order valence-corrected chi connectivity index (χ1v) is 16.0. The van der Waals surface area contributed by atoms with Crippen LogP contribution in [-0.2, 0) is 17.3 Å². The third-order valence-corrected chi connectivity index (χ3v) is 14.2. The Kier molecular flexibility index (Phi) is 5.29. The van der Waals surface area contributed by atoms with E-state index in [2.05, 4.69) is 89.3 Å². The molecule has 5 nitrogen and oxygen atoms in total. The van der Waals surface area contributed by atoms with Crippen molar-refractivity contribution in [2.75, 3.05) is 0 Å². The van der Waals surface area contributed by atoms with Crippen molar-refractivity contribution in [1.29, 1.82) is 0 Å². The lowest BCUT2D eigenvalue weighted by Crippen LogP contribution is -2.64. The number of aryl methyl sites for hydroxylation is 1. The third kappa shape index (κ3) is 3.19. The van der Waals surface area contributed by atoms with E-state index in [0.717, 1.165) is 5.82 Å². The molecule has 0 spiro atoms. The summed E-state index contributed by atoms with van der Waals surface area (Å²) in [6.45, 7) is 20.2. The normalized spacial score (nSPS) is 43.8. The van der Waals surface area contributed by atoms with Gasteiger partial charge in [-0.1, -0.05) is 60.1 Å². The summed E-state index contributed by atoms with van der Waals surface area (Å²) in [6, 6.07) is 0. The minimum atomic E-state index is 0.0643. The molecule has 39 heavy (non-hydrogen) atoms. The summed E-state index contributed by atoms with van der Waals surface area (Å²) in [7, 11) is 0. The van der Waals surface area contributed by atoms with Crippen molar-refractivity contribution >= 4 is 12.6 Å². The lowest BCUT2D eigenvalue weighted by Gasteiger charge is -2.70. The Labute approximate surface area is 240 Å². The molecule has 5 aliphatic rings. The first kappa shape index (κ1) is 26.3. The summed E-state index contributed by atoms with van der Waals surface area (Å²) < 4.78 is 0. The van der Waals surface area contributed by atoms with Gasteiger partial charge in [-0.15, -0.1) is 22.8 Å². The topological polar surface area (TPSA) is 70.2 Å². The number of hydrogen-bond acceptors (Lipinski definition) is 4. The number of rotatable bonds is 1. The first-order valence-electron chi connectivity index (χ1n) is 15.6. The van der Waals surface area contributed by atoms with Crippen molar-refractivity contribution in [2.24, 2.45) is 39.4 Å². The zero-order valence-corrected chi connectivity index (χ0v) is 26.4. The predicted molar refractivity (Wildman–Crippen MR) is 159 cm³/mol. The summed E-state index contributed by atoms with van der Waals surface area (Å²) in [5, 5.41) is 17.9. The summed E-state index contributed by atoms with van der Waals surface area (Å²) in [4.78, 5) is 3.51. The van der Waals surface area contributed by atoms with E-state index in [1.54, 1.807) is 5.57 Å². The summed E-state index contributed by atoms with van der Waals surface area (Å²) in [5.41, 5.74) is 7.18. The number of fused-ring (bicyclic) bond motifs is 8. The van der Waals surface area contributed by atoms with Gasteiger partial charge >= 0.3 is 0 Å². The predicted octanol–water partition coefficient (Wildman–Crippen LogP) is 7.89. The highest BCUT2D eigenvalue weighted by Gasteiger charge is 2.68. The molecule has 0 amide bonds. The Morgan fingerprint density at radius 1 is 0.923 bits per heavy atom. The van der Waals surface area contributed by atoms with E-state index in [-0.39, 0.29) is 27.1 Å². The highest BCUT2D eigenvalue weighted by molar-refractivity contribution is 7.80. The van der Waals surface area contributed by atoms with E-state index >= 15 is 0 Å². The molecule has 0 aromatic carbocycles. The van der Waals surface area contributed by atoms with Crippen LogP contribution >= 0.6 is 12.6 Å². The molecule has 3 fully saturated rings. The molecule has 6 heteroatoms.